The smallest absolute Gasteiger partial charge is 0.156 e. The van der Waals surface area contributed by atoms with Crippen LogP contribution in [0.4, 0.5) is 4.39 Å². The van der Waals surface area contributed by atoms with Crippen LogP contribution in [0.1, 0.15) is 19.4 Å². The minimum absolute atomic E-state index is 0.164. The molecule has 0 aliphatic rings. The van der Waals surface area contributed by atoms with Crippen LogP contribution >= 0.6 is 15.9 Å². The molecule has 0 radical (unpaired) electrons. The summed E-state index contributed by atoms with van der Waals surface area (Å²) in [6, 6.07) is 4.32. The molecule has 0 aliphatic heterocycles. The molecule has 0 unspecified atom stereocenters. The summed E-state index contributed by atoms with van der Waals surface area (Å²) in [5.74, 6) is -1.03. The van der Waals surface area contributed by atoms with Crippen LogP contribution < -0.4 is 5.73 Å². The summed E-state index contributed by atoms with van der Waals surface area (Å²) in [4.78, 5) is 0. The molecule has 0 saturated heterocycles. The van der Waals surface area contributed by atoms with E-state index in [1.807, 2.05) is 0 Å². The summed E-state index contributed by atoms with van der Waals surface area (Å²) in [6.45, 7) is 3.25. The van der Waals surface area contributed by atoms with Gasteiger partial charge in [0.25, 0.3) is 0 Å². The molecule has 0 fully saturated rings. The van der Waals surface area contributed by atoms with Crippen molar-refractivity contribution in [1.82, 2.24) is 0 Å². The lowest BCUT2D eigenvalue weighted by atomic mass is 10.1. The van der Waals surface area contributed by atoms with E-state index < -0.39 is 21.2 Å². The van der Waals surface area contributed by atoms with E-state index in [4.69, 9.17) is 5.73 Å². The molecule has 0 spiro atoms. The average molecular weight is 324 g/mol. The first-order chi connectivity index (χ1) is 7.59. The third-order valence-electron chi connectivity index (χ3n) is 1.98. The Morgan fingerprint density at radius 2 is 2.00 bits per heavy atom. The average Bonchev–Trinajstić information content (AvgIpc) is 2.05. The summed E-state index contributed by atoms with van der Waals surface area (Å²) in [5.41, 5.74) is 5.01. The number of hydrogen-bond acceptors (Lipinski definition) is 3. The highest BCUT2D eigenvalue weighted by molar-refractivity contribution is 9.10. The summed E-state index contributed by atoms with van der Waals surface area (Å²) in [6.07, 6.45) is 0. The van der Waals surface area contributed by atoms with Gasteiger partial charge in [-0.25, -0.2) is 12.8 Å². The van der Waals surface area contributed by atoms with Crippen molar-refractivity contribution in [3.63, 3.8) is 0 Å². The van der Waals surface area contributed by atoms with Crippen molar-refractivity contribution in [2.24, 2.45) is 5.73 Å². The molecule has 0 saturated carbocycles. The van der Waals surface area contributed by atoms with Crippen LogP contribution in [-0.4, -0.2) is 19.7 Å². The molecular formula is C11H15BrFNO2S. The van der Waals surface area contributed by atoms with E-state index in [2.05, 4.69) is 15.9 Å². The zero-order valence-corrected chi connectivity index (χ0v) is 12.1. The Hall–Kier alpha value is -0.460. The minimum atomic E-state index is -3.41. The summed E-state index contributed by atoms with van der Waals surface area (Å²) in [7, 11) is -3.41. The van der Waals surface area contributed by atoms with Gasteiger partial charge in [0.05, 0.1) is 11.5 Å². The fraction of sp³-hybridized carbons (Fsp3) is 0.455. The van der Waals surface area contributed by atoms with Crippen LogP contribution in [0.3, 0.4) is 0 Å². The van der Waals surface area contributed by atoms with Gasteiger partial charge in [-0.3, -0.25) is 0 Å². The molecule has 1 aromatic carbocycles. The second kappa shape index (κ2) is 5.04. The van der Waals surface area contributed by atoms with Crippen LogP contribution in [0.15, 0.2) is 22.7 Å². The highest BCUT2D eigenvalue weighted by Gasteiger charge is 2.23. The zero-order valence-electron chi connectivity index (χ0n) is 9.70. The predicted molar refractivity (Wildman–Crippen MR) is 69.9 cm³/mol. The van der Waals surface area contributed by atoms with Gasteiger partial charge in [0.2, 0.25) is 0 Å². The van der Waals surface area contributed by atoms with Gasteiger partial charge >= 0.3 is 0 Å². The number of hydrogen-bond donors (Lipinski definition) is 1. The van der Waals surface area contributed by atoms with Crippen molar-refractivity contribution >= 4 is 25.8 Å². The Balaban J connectivity index is 2.91. The molecule has 0 aromatic heterocycles. The van der Waals surface area contributed by atoms with E-state index in [9.17, 15) is 12.8 Å². The van der Waals surface area contributed by atoms with E-state index in [0.29, 0.717) is 4.47 Å². The number of nitrogens with two attached hydrogens (primary N) is 1. The van der Waals surface area contributed by atoms with Gasteiger partial charge in [0, 0.05) is 15.6 Å². The first-order valence-corrected chi connectivity index (χ1v) is 7.64. The highest BCUT2D eigenvalue weighted by Crippen LogP contribution is 2.18. The third-order valence-corrected chi connectivity index (χ3v) is 4.41. The fourth-order valence-corrected chi connectivity index (χ4v) is 3.77. The maximum Gasteiger partial charge on any atom is 0.156 e. The van der Waals surface area contributed by atoms with Crippen molar-refractivity contribution < 1.29 is 12.8 Å². The van der Waals surface area contributed by atoms with Gasteiger partial charge in [-0.1, -0.05) is 22.0 Å². The monoisotopic (exact) mass is 323 g/mol. The molecule has 2 N–H and O–H groups in total. The van der Waals surface area contributed by atoms with Gasteiger partial charge in [-0.05, 0) is 26.0 Å². The van der Waals surface area contributed by atoms with Gasteiger partial charge in [-0.2, -0.15) is 0 Å². The van der Waals surface area contributed by atoms with Gasteiger partial charge in [-0.15, -0.1) is 0 Å². The van der Waals surface area contributed by atoms with Crippen molar-refractivity contribution in [1.29, 1.82) is 0 Å². The highest BCUT2D eigenvalue weighted by atomic mass is 79.9. The van der Waals surface area contributed by atoms with Crippen LogP contribution in [0.25, 0.3) is 0 Å². The van der Waals surface area contributed by atoms with Crippen LogP contribution in [0.2, 0.25) is 0 Å². The molecule has 96 valence electrons. The fourth-order valence-electron chi connectivity index (χ4n) is 1.49. The standard InChI is InChI=1S/C11H15BrFNO2S/c1-11(2,14)7-17(15,16)6-8-3-4-9(12)5-10(8)13/h3-5H,6-7,14H2,1-2H3. The topological polar surface area (TPSA) is 60.2 Å². The van der Waals surface area contributed by atoms with Crippen LogP contribution in [0.5, 0.6) is 0 Å². The van der Waals surface area contributed by atoms with Crippen molar-refractivity contribution in [2.75, 3.05) is 5.75 Å². The lowest BCUT2D eigenvalue weighted by Crippen LogP contribution is -2.40. The maximum absolute atomic E-state index is 13.5. The summed E-state index contributed by atoms with van der Waals surface area (Å²) < 4.78 is 37.7. The Morgan fingerprint density at radius 1 is 1.41 bits per heavy atom. The van der Waals surface area contributed by atoms with Crippen LogP contribution in [0, 0.1) is 5.82 Å². The molecule has 1 aromatic rings. The lowest BCUT2D eigenvalue weighted by Gasteiger charge is -2.18. The molecule has 6 heteroatoms. The Labute approximate surface area is 109 Å². The van der Waals surface area contributed by atoms with E-state index in [-0.39, 0.29) is 17.1 Å². The second-order valence-corrected chi connectivity index (χ2v) is 7.74. The molecule has 0 heterocycles. The Kier molecular flexibility index (Phi) is 4.33. The van der Waals surface area contributed by atoms with Crippen molar-refractivity contribution in [3.05, 3.63) is 34.1 Å². The summed E-state index contributed by atoms with van der Waals surface area (Å²) in [5, 5.41) is 0. The van der Waals surface area contributed by atoms with Crippen molar-refractivity contribution in [3.8, 4) is 0 Å². The normalized spacial score (nSPS) is 12.8. The Morgan fingerprint density at radius 3 is 2.47 bits per heavy atom. The van der Waals surface area contributed by atoms with Gasteiger partial charge in [0.15, 0.2) is 9.84 Å². The maximum atomic E-state index is 13.5. The SMILES string of the molecule is CC(C)(N)CS(=O)(=O)Cc1ccc(Br)cc1F. The number of sulfone groups is 1. The zero-order chi connectivity index (χ0) is 13.3. The minimum Gasteiger partial charge on any atom is -0.325 e. The molecular weight excluding hydrogens is 309 g/mol. The number of benzene rings is 1. The second-order valence-electron chi connectivity index (χ2n) is 4.76. The summed E-state index contributed by atoms with van der Waals surface area (Å²) >= 11 is 3.12. The molecule has 0 atom stereocenters. The Bertz CT molecular complexity index is 509. The first-order valence-electron chi connectivity index (χ1n) is 5.02. The largest absolute Gasteiger partial charge is 0.325 e. The van der Waals surface area contributed by atoms with Gasteiger partial charge < -0.3 is 5.73 Å². The molecule has 0 amide bonds. The molecule has 17 heavy (non-hydrogen) atoms. The van der Waals surface area contributed by atoms with E-state index in [1.54, 1.807) is 19.9 Å². The van der Waals surface area contributed by atoms with Crippen LogP contribution in [-0.2, 0) is 15.6 Å². The third kappa shape index (κ3) is 5.14. The van der Waals surface area contributed by atoms with E-state index in [1.165, 1.54) is 12.1 Å². The van der Waals surface area contributed by atoms with E-state index >= 15 is 0 Å². The first kappa shape index (κ1) is 14.6. The lowest BCUT2D eigenvalue weighted by molar-refractivity contribution is 0.541. The molecule has 3 nitrogen and oxygen atoms in total. The number of halogens is 2. The van der Waals surface area contributed by atoms with E-state index in [0.717, 1.165) is 0 Å². The van der Waals surface area contributed by atoms with Crippen molar-refractivity contribution in [2.45, 2.75) is 25.1 Å². The molecule has 0 bridgehead atoms. The number of rotatable bonds is 4. The molecule has 0 aliphatic carbocycles. The predicted octanol–water partition coefficient (Wildman–Crippen LogP) is 2.24. The quantitative estimate of drug-likeness (QED) is 0.924. The van der Waals surface area contributed by atoms with Gasteiger partial charge in [0.1, 0.15) is 5.82 Å². The molecule has 1 rings (SSSR count).